The third kappa shape index (κ3) is 4.62. The molecule has 3 aromatic rings. The van der Waals surface area contributed by atoms with Crippen LogP contribution in [0.2, 0.25) is 0 Å². The Bertz CT molecular complexity index is 1190. The van der Waals surface area contributed by atoms with E-state index in [1.807, 2.05) is 12.1 Å². The maximum absolute atomic E-state index is 13.7. The van der Waals surface area contributed by atoms with Crippen LogP contribution >= 0.6 is 0 Å². The van der Waals surface area contributed by atoms with Crippen LogP contribution in [0.3, 0.4) is 0 Å². The number of aromatic nitrogens is 4. The number of alkyl halides is 3. The van der Waals surface area contributed by atoms with Crippen molar-refractivity contribution in [2.45, 2.75) is 49.2 Å². The number of hydrogen-bond donors (Lipinski definition) is 2. The van der Waals surface area contributed by atoms with Gasteiger partial charge in [-0.2, -0.15) is 18.4 Å². The standard InChI is InChI=1S/C21H22F3N5O2S/c1-32(30,31)19-17(21(22,23)24)12-11-16(18(19)20-26-28-29-27-20)13-7-9-15(10-8-13)25-14-5-3-2-4-6-14/h7-12,14,25H,2-6H2,1H3,(H,26,27,28,29). The van der Waals surface area contributed by atoms with E-state index in [0.717, 1.165) is 30.9 Å². The summed E-state index contributed by atoms with van der Waals surface area (Å²) in [6, 6.07) is 9.57. The third-order valence-electron chi connectivity index (χ3n) is 5.57. The van der Waals surface area contributed by atoms with Crippen LogP contribution in [-0.4, -0.2) is 41.3 Å². The van der Waals surface area contributed by atoms with Crippen LogP contribution in [0.4, 0.5) is 18.9 Å². The van der Waals surface area contributed by atoms with Gasteiger partial charge >= 0.3 is 6.18 Å². The van der Waals surface area contributed by atoms with Gasteiger partial charge in [-0.1, -0.05) is 37.5 Å². The zero-order chi connectivity index (χ0) is 22.9. The van der Waals surface area contributed by atoms with Crippen molar-refractivity contribution in [1.82, 2.24) is 20.6 Å². The molecule has 170 valence electrons. The number of tetrazole rings is 1. The summed E-state index contributed by atoms with van der Waals surface area (Å²) in [4.78, 5) is -0.867. The number of sulfone groups is 1. The van der Waals surface area contributed by atoms with Gasteiger partial charge in [0.25, 0.3) is 0 Å². The van der Waals surface area contributed by atoms with Crippen LogP contribution in [0.5, 0.6) is 0 Å². The molecule has 1 aliphatic carbocycles. The molecule has 0 amide bonds. The Morgan fingerprint density at radius 3 is 2.28 bits per heavy atom. The Morgan fingerprint density at radius 2 is 1.72 bits per heavy atom. The lowest BCUT2D eigenvalue weighted by Crippen LogP contribution is -2.22. The van der Waals surface area contributed by atoms with E-state index in [4.69, 9.17) is 0 Å². The molecule has 1 aromatic heterocycles. The van der Waals surface area contributed by atoms with Crippen LogP contribution in [0.1, 0.15) is 37.7 Å². The van der Waals surface area contributed by atoms with Crippen molar-refractivity contribution in [3.05, 3.63) is 42.0 Å². The first-order valence-corrected chi connectivity index (χ1v) is 12.1. The number of aromatic amines is 1. The fourth-order valence-corrected chi connectivity index (χ4v) is 5.31. The molecule has 0 atom stereocenters. The van der Waals surface area contributed by atoms with Gasteiger partial charge in [0, 0.05) is 18.0 Å². The number of nitrogens with zero attached hydrogens (tertiary/aromatic N) is 3. The van der Waals surface area contributed by atoms with E-state index in [2.05, 4.69) is 25.9 Å². The summed E-state index contributed by atoms with van der Waals surface area (Å²) in [6.07, 6.45) is 1.67. The maximum atomic E-state index is 13.7. The number of rotatable bonds is 5. The summed E-state index contributed by atoms with van der Waals surface area (Å²) in [7, 11) is -4.29. The van der Waals surface area contributed by atoms with E-state index in [1.54, 1.807) is 12.1 Å². The number of halogens is 3. The highest BCUT2D eigenvalue weighted by molar-refractivity contribution is 7.91. The first-order chi connectivity index (χ1) is 15.1. The smallest absolute Gasteiger partial charge is 0.382 e. The second-order valence-electron chi connectivity index (χ2n) is 7.93. The zero-order valence-corrected chi connectivity index (χ0v) is 18.1. The normalized spacial score (nSPS) is 15.6. The van der Waals surface area contributed by atoms with Crippen molar-refractivity contribution in [1.29, 1.82) is 0 Å². The van der Waals surface area contributed by atoms with Gasteiger partial charge in [-0.3, -0.25) is 0 Å². The molecular weight excluding hydrogens is 443 g/mol. The van der Waals surface area contributed by atoms with E-state index >= 15 is 0 Å². The molecule has 1 fully saturated rings. The molecule has 2 N–H and O–H groups in total. The van der Waals surface area contributed by atoms with Crippen LogP contribution in [0.15, 0.2) is 41.3 Å². The Balaban J connectivity index is 1.82. The Hall–Kier alpha value is -2.95. The number of H-pyrrole nitrogens is 1. The monoisotopic (exact) mass is 465 g/mol. The lowest BCUT2D eigenvalue weighted by Gasteiger charge is -2.24. The molecule has 7 nitrogen and oxygen atoms in total. The van der Waals surface area contributed by atoms with E-state index in [9.17, 15) is 21.6 Å². The van der Waals surface area contributed by atoms with Gasteiger partial charge < -0.3 is 5.32 Å². The van der Waals surface area contributed by atoms with Crippen molar-refractivity contribution in [3.63, 3.8) is 0 Å². The van der Waals surface area contributed by atoms with Gasteiger partial charge in [-0.15, -0.1) is 10.2 Å². The zero-order valence-electron chi connectivity index (χ0n) is 17.3. The van der Waals surface area contributed by atoms with E-state index in [1.165, 1.54) is 25.3 Å². The summed E-state index contributed by atoms with van der Waals surface area (Å²) >= 11 is 0. The van der Waals surface area contributed by atoms with Crippen molar-refractivity contribution >= 4 is 15.5 Å². The van der Waals surface area contributed by atoms with Gasteiger partial charge in [0.15, 0.2) is 9.84 Å². The van der Waals surface area contributed by atoms with Crippen LogP contribution < -0.4 is 5.32 Å². The van der Waals surface area contributed by atoms with Crippen LogP contribution in [-0.2, 0) is 16.0 Å². The number of nitrogens with one attached hydrogen (secondary N) is 2. The summed E-state index contributed by atoms with van der Waals surface area (Å²) in [5.41, 5.74) is 0.210. The van der Waals surface area contributed by atoms with Gasteiger partial charge in [-0.05, 0) is 47.4 Å². The number of benzene rings is 2. The highest BCUT2D eigenvalue weighted by Gasteiger charge is 2.39. The topological polar surface area (TPSA) is 101 Å². The van der Waals surface area contributed by atoms with Crippen LogP contribution in [0, 0.1) is 0 Å². The maximum Gasteiger partial charge on any atom is 0.417 e. The van der Waals surface area contributed by atoms with E-state index < -0.39 is 26.5 Å². The molecule has 11 heteroatoms. The van der Waals surface area contributed by atoms with Crippen LogP contribution in [0.25, 0.3) is 22.5 Å². The SMILES string of the molecule is CS(=O)(=O)c1c(C(F)(F)F)ccc(-c2ccc(NC3CCCCC3)cc2)c1-c1nn[nH]n1. The number of hydrogen-bond acceptors (Lipinski definition) is 6. The molecule has 0 radical (unpaired) electrons. The summed E-state index contributed by atoms with van der Waals surface area (Å²) < 4.78 is 66.0. The molecule has 2 aromatic carbocycles. The van der Waals surface area contributed by atoms with Crippen molar-refractivity contribution < 1.29 is 21.6 Å². The molecule has 0 unspecified atom stereocenters. The minimum absolute atomic E-state index is 0.226. The molecule has 4 rings (SSSR count). The Morgan fingerprint density at radius 1 is 1.03 bits per heavy atom. The lowest BCUT2D eigenvalue weighted by molar-refractivity contribution is -0.139. The molecule has 0 saturated heterocycles. The summed E-state index contributed by atoms with van der Waals surface area (Å²) in [5, 5.41) is 16.6. The fraction of sp³-hybridized carbons (Fsp3) is 0.381. The molecule has 0 bridgehead atoms. The minimum Gasteiger partial charge on any atom is -0.382 e. The van der Waals surface area contributed by atoms with E-state index in [-0.39, 0.29) is 17.0 Å². The first-order valence-electron chi connectivity index (χ1n) is 10.2. The largest absolute Gasteiger partial charge is 0.417 e. The number of anilines is 1. The Labute approximate surface area is 183 Å². The molecule has 0 spiro atoms. The highest BCUT2D eigenvalue weighted by atomic mass is 32.2. The average Bonchev–Trinajstić information content (AvgIpc) is 3.27. The van der Waals surface area contributed by atoms with Gasteiger partial charge in [0.2, 0.25) is 5.82 Å². The van der Waals surface area contributed by atoms with E-state index in [0.29, 0.717) is 11.6 Å². The predicted molar refractivity (Wildman–Crippen MR) is 114 cm³/mol. The third-order valence-corrected chi connectivity index (χ3v) is 6.74. The lowest BCUT2D eigenvalue weighted by atomic mass is 9.94. The molecule has 32 heavy (non-hydrogen) atoms. The molecule has 1 aliphatic rings. The molecule has 1 saturated carbocycles. The summed E-state index contributed by atoms with van der Waals surface area (Å²) in [5.74, 6) is -0.226. The van der Waals surface area contributed by atoms with Gasteiger partial charge in [-0.25, -0.2) is 8.42 Å². The Kier molecular flexibility index (Phi) is 5.93. The fourth-order valence-electron chi connectivity index (χ4n) is 4.15. The summed E-state index contributed by atoms with van der Waals surface area (Å²) in [6.45, 7) is 0. The first kappa shape index (κ1) is 22.3. The molecule has 1 heterocycles. The molecule has 0 aliphatic heterocycles. The van der Waals surface area contributed by atoms with Gasteiger partial charge in [0.05, 0.1) is 16.0 Å². The van der Waals surface area contributed by atoms with Crippen molar-refractivity contribution in [3.8, 4) is 22.5 Å². The highest BCUT2D eigenvalue weighted by Crippen LogP contribution is 2.43. The average molecular weight is 466 g/mol. The predicted octanol–water partition coefficient (Wildman–Crippen LogP) is 4.70. The second kappa shape index (κ2) is 8.53. The minimum atomic E-state index is -4.87. The van der Waals surface area contributed by atoms with Crippen molar-refractivity contribution in [2.75, 3.05) is 11.6 Å². The molecular formula is C21H22F3N5O2S. The second-order valence-corrected chi connectivity index (χ2v) is 9.88. The van der Waals surface area contributed by atoms with Gasteiger partial charge in [0.1, 0.15) is 0 Å². The van der Waals surface area contributed by atoms with Crippen molar-refractivity contribution in [2.24, 2.45) is 0 Å². The quantitative estimate of drug-likeness (QED) is 0.567.